The fraction of sp³-hybridized carbons (Fsp3) is 0.355. The molecule has 1 heterocycles. The molecule has 200 valence electrons. The monoisotopic (exact) mass is 551 g/mol. The third kappa shape index (κ3) is 6.76. The molecule has 7 heteroatoms. The van der Waals surface area contributed by atoms with E-state index >= 15 is 0 Å². The number of halogens is 2. The van der Waals surface area contributed by atoms with Crippen molar-refractivity contribution in [3.05, 3.63) is 106 Å². The topological polar surface area (TPSA) is 61.4 Å². The third-order valence-electron chi connectivity index (χ3n) is 7.68. The van der Waals surface area contributed by atoms with Crippen LogP contribution in [-0.4, -0.2) is 48.4 Å². The van der Waals surface area contributed by atoms with Crippen molar-refractivity contribution in [3.8, 4) is 0 Å². The molecule has 38 heavy (non-hydrogen) atoms. The van der Waals surface area contributed by atoms with Crippen LogP contribution in [0.1, 0.15) is 53.6 Å². The Morgan fingerprint density at radius 3 is 2.21 bits per heavy atom. The Balaban J connectivity index is 1.65. The highest BCUT2D eigenvalue weighted by Crippen LogP contribution is 2.41. The highest BCUT2D eigenvalue weighted by atomic mass is 35.5. The van der Waals surface area contributed by atoms with Crippen LogP contribution in [0, 0.1) is 0 Å². The van der Waals surface area contributed by atoms with E-state index in [0.717, 1.165) is 37.1 Å². The molecule has 2 atom stereocenters. The standard InChI is InChI=1S/C31H35Cl2N3O2/c1-22(36(2)30(38)24-11-7-4-8-12-24)19-26(25-13-14-27(32)28(33)21-25)31(15-17-34-18-16-31)35-29(37)20-23-9-5-3-6-10-23/h3-14,21-22,26,34H,15-20H2,1-2H3,(H,35,37). The first-order valence-electron chi connectivity index (χ1n) is 13.1. The lowest BCUT2D eigenvalue weighted by atomic mass is 9.70. The minimum Gasteiger partial charge on any atom is -0.350 e. The lowest BCUT2D eigenvalue weighted by Crippen LogP contribution is -2.59. The molecule has 1 saturated heterocycles. The van der Waals surface area contributed by atoms with Crippen molar-refractivity contribution in [3.63, 3.8) is 0 Å². The van der Waals surface area contributed by atoms with E-state index in [2.05, 4.69) is 17.6 Å². The third-order valence-corrected chi connectivity index (χ3v) is 8.42. The van der Waals surface area contributed by atoms with Crippen LogP contribution in [0.2, 0.25) is 10.0 Å². The van der Waals surface area contributed by atoms with Crippen molar-refractivity contribution >= 4 is 35.0 Å². The van der Waals surface area contributed by atoms with Gasteiger partial charge in [-0.25, -0.2) is 0 Å². The molecule has 5 nitrogen and oxygen atoms in total. The zero-order valence-corrected chi connectivity index (χ0v) is 23.4. The van der Waals surface area contributed by atoms with Gasteiger partial charge in [-0.2, -0.15) is 0 Å². The smallest absolute Gasteiger partial charge is 0.253 e. The summed E-state index contributed by atoms with van der Waals surface area (Å²) in [7, 11) is 1.84. The largest absolute Gasteiger partial charge is 0.350 e. The first kappa shape index (κ1) is 28.2. The summed E-state index contributed by atoms with van der Waals surface area (Å²) in [6.07, 6.45) is 2.49. The molecule has 0 radical (unpaired) electrons. The molecule has 3 aromatic rings. The van der Waals surface area contributed by atoms with Gasteiger partial charge in [0.15, 0.2) is 0 Å². The number of carbonyl (C=O) groups excluding carboxylic acids is 2. The maximum atomic E-state index is 13.4. The number of hydrogen-bond acceptors (Lipinski definition) is 3. The number of piperidine rings is 1. The van der Waals surface area contributed by atoms with Gasteiger partial charge in [-0.15, -0.1) is 0 Å². The molecule has 0 saturated carbocycles. The molecule has 3 aromatic carbocycles. The lowest BCUT2D eigenvalue weighted by Gasteiger charge is -2.46. The lowest BCUT2D eigenvalue weighted by molar-refractivity contribution is -0.123. The van der Waals surface area contributed by atoms with Crippen molar-refractivity contribution in [1.29, 1.82) is 0 Å². The first-order chi connectivity index (χ1) is 18.3. The molecule has 2 N–H and O–H groups in total. The van der Waals surface area contributed by atoms with E-state index in [1.165, 1.54) is 0 Å². The Labute approximate surface area is 235 Å². The van der Waals surface area contributed by atoms with E-state index in [0.29, 0.717) is 28.5 Å². The zero-order chi connectivity index (χ0) is 27.1. The molecular weight excluding hydrogens is 517 g/mol. The Morgan fingerprint density at radius 1 is 0.947 bits per heavy atom. The van der Waals surface area contributed by atoms with Crippen LogP contribution in [0.3, 0.4) is 0 Å². The van der Waals surface area contributed by atoms with Gasteiger partial charge in [-0.3, -0.25) is 9.59 Å². The Hall–Kier alpha value is -2.86. The van der Waals surface area contributed by atoms with Crippen LogP contribution in [0.5, 0.6) is 0 Å². The van der Waals surface area contributed by atoms with Crippen LogP contribution in [-0.2, 0) is 11.2 Å². The maximum absolute atomic E-state index is 13.4. The fourth-order valence-corrected chi connectivity index (χ4v) is 5.74. The average molecular weight is 553 g/mol. The number of nitrogens with zero attached hydrogens (tertiary/aromatic N) is 1. The van der Waals surface area contributed by atoms with E-state index < -0.39 is 5.54 Å². The van der Waals surface area contributed by atoms with E-state index in [4.69, 9.17) is 23.2 Å². The summed E-state index contributed by atoms with van der Waals surface area (Å²) in [5.74, 6) is -0.122. The van der Waals surface area contributed by atoms with Crippen molar-refractivity contribution in [1.82, 2.24) is 15.5 Å². The van der Waals surface area contributed by atoms with Gasteiger partial charge in [-0.05, 0) is 74.7 Å². The van der Waals surface area contributed by atoms with E-state index in [-0.39, 0.29) is 23.8 Å². The summed E-state index contributed by atoms with van der Waals surface area (Å²) in [6.45, 7) is 3.64. The normalized spacial score (nSPS) is 16.3. The van der Waals surface area contributed by atoms with Crippen molar-refractivity contribution in [2.75, 3.05) is 20.1 Å². The van der Waals surface area contributed by atoms with Gasteiger partial charge < -0.3 is 15.5 Å². The van der Waals surface area contributed by atoms with Gasteiger partial charge in [0.25, 0.3) is 5.91 Å². The van der Waals surface area contributed by atoms with Crippen LogP contribution in [0.25, 0.3) is 0 Å². The predicted octanol–water partition coefficient (Wildman–Crippen LogP) is 6.11. The second-order valence-electron chi connectivity index (χ2n) is 10.2. The van der Waals surface area contributed by atoms with Crippen LogP contribution in [0.4, 0.5) is 0 Å². The SMILES string of the molecule is CC(CC(c1ccc(Cl)c(Cl)c1)C1(NC(=O)Cc2ccccc2)CCNCC1)N(C)C(=O)c1ccccc1. The highest BCUT2D eigenvalue weighted by Gasteiger charge is 2.43. The second kappa shape index (κ2) is 12.8. The quantitative estimate of drug-likeness (QED) is 0.337. The Kier molecular flexibility index (Phi) is 9.48. The van der Waals surface area contributed by atoms with Crippen molar-refractivity contribution < 1.29 is 9.59 Å². The van der Waals surface area contributed by atoms with E-state index in [1.54, 1.807) is 4.90 Å². The molecule has 1 fully saturated rings. The number of benzene rings is 3. The summed E-state index contributed by atoms with van der Waals surface area (Å²) < 4.78 is 0. The summed E-state index contributed by atoms with van der Waals surface area (Å²) in [6, 6.07) is 24.7. The van der Waals surface area contributed by atoms with Gasteiger partial charge in [0.1, 0.15) is 0 Å². The average Bonchev–Trinajstić information content (AvgIpc) is 2.93. The van der Waals surface area contributed by atoms with Crippen molar-refractivity contribution in [2.45, 2.75) is 50.1 Å². The molecule has 1 aliphatic rings. The van der Waals surface area contributed by atoms with E-state index in [9.17, 15) is 9.59 Å². The van der Waals surface area contributed by atoms with Gasteiger partial charge in [0.05, 0.1) is 16.5 Å². The van der Waals surface area contributed by atoms with Gasteiger partial charge in [0.2, 0.25) is 5.91 Å². The summed E-state index contributed by atoms with van der Waals surface area (Å²) in [5, 5.41) is 7.88. The minimum atomic E-state index is -0.501. The van der Waals surface area contributed by atoms with Crippen LogP contribution < -0.4 is 10.6 Å². The number of nitrogens with one attached hydrogen (secondary N) is 2. The van der Waals surface area contributed by atoms with Gasteiger partial charge >= 0.3 is 0 Å². The summed E-state index contributed by atoms with van der Waals surface area (Å²) in [5.41, 5.74) is 2.13. The van der Waals surface area contributed by atoms with Gasteiger partial charge in [-0.1, -0.05) is 77.8 Å². The first-order valence-corrected chi connectivity index (χ1v) is 13.9. The molecule has 2 amide bonds. The van der Waals surface area contributed by atoms with Crippen LogP contribution >= 0.6 is 23.2 Å². The molecular formula is C31H35Cl2N3O2. The Morgan fingerprint density at radius 2 is 1.58 bits per heavy atom. The summed E-state index contributed by atoms with van der Waals surface area (Å²) >= 11 is 12.8. The summed E-state index contributed by atoms with van der Waals surface area (Å²) in [4.78, 5) is 28.5. The molecule has 2 unspecified atom stereocenters. The second-order valence-corrected chi connectivity index (χ2v) is 11.0. The fourth-order valence-electron chi connectivity index (χ4n) is 5.43. The number of amides is 2. The minimum absolute atomic E-state index is 0.00969. The number of rotatable bonds is 9. The number of hydrogen-bond donors (Lipinski definition) is 2. The molecule has 0 aromatic heterocycles. The highest BCUT2D eigenvalue weighted by molar-refractivity contribution is 6.42. The van der Waals surface area contributed by atoms with Gasteiger partial charge in [0, 0.05) is 30.1 Å². The molecule has 0 aliphatic carbocycles. The molecule has 1 aliphatic heterocycles. The predicted molar refractivity (Wildman–Crippen MR) is 155 cm³/mol. The number of carbonyl (C=O) groups is 2. The van der Waals surface area contributed by atoms with Crippen LogP contribution in [0.15, 0.2) is 78.9 Å². The van der Waals surface area contributed by atoms with Crippen molar-refractivity contribution in [2.24, 2.45) is 0 Å². The molecule has 4 rings (SSSR count). The van der Waals surface area contributed by atoms with E-state index in [1.807, 2.05) is 85.9 Å². The maximum Gasteiger partial charge on any atom is 0.253 e. The Bertz CT molecular complexity index is 1230. The zero-order valence-electron chi connectivity index (χ0n) is 21.9. The molecule has 0 bridgehead atoms. The molecule has 0 spiro atoms.